The van der Waals surface area contributed by atoms with Crippen LogP contribution in [-0.4, -0.2) is 56.7 Å². The molecule has 0 atom stereocenters. The second-order valence-electron chi connectivity index (χ2n) is 6.15. The predicted octanol–water partition coefficient (Wildman–Crippen LogP) is 1.69. The summed E-state index contributed by atoms with van der Waals surface area (Å²) in [6, 6.07) is 3.91. The molecule has 0 aliphatic carbocycles. The van der Waals surface area contributed by atoms with Crippen LogP contribution < -0.4 is 10.1 Å². The minimum atomic E-state index is 0.591. The first-order chi connectivity index (χ1) is 12.0. The smallest absolute Gasteiger partial charge is 0.254 e. The lowest BCUT2D eigenvalue weighted by Gasteiger charge is -2.13. The summed E-state index contributed by atoms with van der Waals surface area (Å²) in [5, 5.41) is 7.68. The topological polar surface area (TPSA) is 80.5 Å². The van der Waals surface area contributed by atoms with Gasteiger partial charge in [0.05, 0.1) is 0 Å². The summed E-state index contributed by atoms with van der Waals surface area (Å²) in [6.45, 7) is 6.08. The summed E-state index contributed by atoms with van der Waals surface area (Å²) in [6.07, 6.45) is 3.27. The molecule has 0 aliphatic heterocycles. The van der Waals surface area contributed by atoms with Crippen LogP contribution in [0, 0.1) is 13.8 Å². The van der Waals surface area contributed by atoms with Gasteiger partial charge in [-0.2, -0.15) is 14.6 Å². The van der Waals surface area contributed by atoms with Crippen molar-refractivity contribution >= 4 is 11.6 Å². The number of nitrogens with one attached hydrogen (secondary N) is 1. The van der Waals surface area contributed by atoms with E-state index in [1.54, 1.807) is 10.7 Å². The van der Waals surface area contributed by atoms with Crippen molar-refractivity contribution < 1.29 is 4.74 Å². The zero-order valence-corrected chi connectivity index (χ0v) is 15.0. The van der Waals surface area contributed by atoms with E-state index in [-0.39, 0.29) is 0 Å². The van der Waals surface area contributed by atoms with Crippen LogP contribution in [0.2, 0.25) is 0 Å². The lowest BCUT2D eigenvalue weighted by molar-refractivity contribution is 0.253. The number of hydrogen-bond donors (Lipinski definition) is 1. The Morgan fingerprint density at radius 3 is 2.88 bits per heavy atom. The third-order valence-electron chi connectivity index (χ3n) is 3.95. The fourth-order valence-corrected chi connectivity index (χ4v) is 2.40. The number of nitrogens with zero attached hydrogens (tertiary/aromatic N) is 6. The molecule has 3 aromatic rings. The number of likely N-dealkylation sites (N-methyl/N-ethyl adjacent to an activating group) is 1. The number of rotatable bonds is 7. The van der Waals surface area contributed by atoms with Gasteiger partial charge in [0, 0.05) is 36.6 Å². The molecule has 0 aromatic carbocycles. The molecule has 0 amide bonds. The van der Waals surface area contributed by atoms with Gasteiger partial charge in [-0.15, -0.1) is 0 Å². The van der Waals surface area contributed by atoms with Gasteiger partial charge in [0.15, 0.2) is 0 Å². The Balaban J connectivity index is 1.72. The van der Waals surface area contributed by atoms with Crippen LogP contribution in [0.5, 0.6) is 5.88 Å². The first-order valence-electron chi connectivity index (χ1n) is 8.18. The number of hydrogen-bond acceptors (Lipinski definition) is 7. The van der Waals surface area contributed by atoms with E-state index in [4.69, 9.17) is 4.74 Å². The Hall–Kier alpha value is -2.74. The van der Waals surface area contributed by atoms with E-state index in [9.17, 15) is 0 Å². The Bertz CT molecular complexity index is 859. The van der Waals surface area contributed by atoms with Crippen LogP contribution >= 0.6 is 0 Å². The van der Waals surface area contributed by atoms with E-state index < -0.39 is 0 Å². The second kappa shape index (κ2) is 7.43. The van der Waals surface area contributed by atoms with E-state index in [0.29, 0.717) is 24.8 Å². The third kappa shape index (κ3) is 4.03. The van der Waals surface area contributed by atoms with Crippen molar-refractivity contribution in [1.82, 2.24) is 29.5 Å². The maximum Gasteiger partial charge on any atom is 0.254 e. The molecule has 0 radical (unpaired) electrons. The first kappa shape index (κ1) is 17.1. The van der Waals surface area contributed by atoms with Crippen molar-refractivity contribution in [1.29, 1.82) is 0 Å². The Kier molecular flexibility index (Phi) is 5.08. The first-order valence-corrected chi connectivity index (χ1v) is 8.18. The SMILES string of the molecule is Cc1nc2ncnn2c(NCc2ccnc(OCCN(C)C)c2)c1C. The number of pyridine rings is 1. The molecule has 0 bridgehead atoms. The summed E-state index contributed by atoms with van der Waals surface area (Å²) in [7, 11) is 4.03. The van der Waals surface area contributed by atoms with Crippen molar-refractivity contribution in [2.45, 2.75) is 20.4 Å². The van der Waals surface area contributed by atoms with Gasteiger partial charge in [0.1, 0.15) is 18.8 Å². The van der Waals surface area contributed by atoms with E-state index >= 15 is 0 Å². The Morgan fingerprint density at radius 1 is 1.24 bits per heavy atom. The summed E-state index contributed by atoms with van der Waals surface area (Å²) < 4.78 is 7.41. The van der Waals surface area contributed by atoms with Gasteiger partial charge in [-0.1, -0.05) is 0 Å². The maximum absolute atomic E-state index is 5.69. The maximum atomic E-state index is 5.69. The minimum Gasteiger partial charge on any atom is -0.476 e. The number of ether oxygens (including phenoxy) is 1. The van der Waals surface area contributed by atoms with Crippen LogP contribution in [0.25, 0.3) is 5.78 Å². The van der Waals surface area contributed by atoms with E-state index in [1.807, 2.05) is 40.1 Å². The number of aromatic nitrogens is 5. The van der Waals surface area contributed by atoms with Crippen LogP contribution in [0.1, 0.15) is 16.8 Å². The summed E-state index contributed by atoms with van der Waals surface area (Å²) in [5.41, 5.74) is 3.07. The van der Waals surface area contributed by atoms with Crippen LogP contribution in [-0.2, 0) is 6.54 Å². The molecule has 0 spiro atoms. The second-order valence-corrected chi connectivity index (χ2v) is 6.15. The average Bonchev–Trinajstić information content (AvgIpc) is 3.03. The highest BCUT2D eigenvalue weighted by atomic mass is 16.5. The zero-order chi connectivity index (χ0) is 17.8. The van der Waals surface area contributed by atoms with Gasteiger partial charge in [-0.05, 0) is 39.6 Å². The van der Waals surface area contributed by atoms with Gasteiger partial charge in [0.25, 0.3) is 5.78 Å². The molecule has 0 unspecified atom stereocenters. The molecule has 132 valence electrons. The van der Waals surface area contributed by atoms with Crippen molar-refractivity contribution in [3.8, 4) is 5.88 Å². The monoisotopic (exact) mass is 341 g/mol. The molecule has 0 saturated carbocycles. The molecular formula is C17H23N7O. The van der Waals surface area contributed by atoms with Crippen LogP contribution in [0.3, 0.4) is 0 Å². The Labute approximate surface area is 146 Å². The quantitative estimate of drug-likeness (QED) is 0.700. The highest BCUT2D eigenvalue weighted by Crippen LogP contribution is 2.19. The average molecular weight is 341 g/mol. The normalized spacial score (nSPS) is 11.2. The molecule has 0 aliphatic rings. The summed E-state index contributed by atoms with van der Waals surface area (Å²) >= 11 is 0. The number of anilines is 1. The molecule has 8 nitrogen and oxygen atoms in total. The summed E-state index contributed by atoms with van der Waals surface area (Å²) in [4.78, 5) is 14.9. The standard InChI is InChI=1S/C17H23N7O/c1-12-13(2)22-17-20-11-21-24(17)16(12)19-10-14-5-6-18-15(9-14)25-8-7-23(3)4/h5-6,9,11,19H,7-8,10H2,1-4H3. The highest BCUT2D eigenvalue weighted by molar-refractivity contribution is 5.52. The van der Waals surface area contributed by atoms with Gasteiger partial charge >= 0.3 is 0 Å². The number of fused-ring (bicyclic) bond motifs is 1. The van der Waals surface area contributed by atoms with Crippen molar-refractivity contribution in [3.05, 3.63) is 41.5 Å². The van der Waals surface area contributed by atoms with Gasteiger partial charge < -0.3 is 15.0 Å². The molecule has 25 heavy (non-hydrogen) atoms. The van der Waals surface area contributed by atoms with Crippen molar-refractivity contribution in [2.75, 3.05) is 32.6 Å². The molecular weight excluding hydrogens is 318 g/mol. The Morgan fingerprint density at radius 2 is 2.08 bits per heavy atom. The third-order valence-corrected chi connectivity index (χ3v) is 3.95. The van der Waals surface area contributed by atoms with Gasteiger partial charge in [-0.25, -0.2) is 9.97 Å². The fraction of sp³-hybridized carbons (Fsp3) is 0.412. The number of aryl methyl sites for hydroxylation is 1. The molecule has 1 N–H and O–H groups in total. The van der Waals surface area contributed by atoms with E-state index in [0.717, 1.165) is 29.2 Å². The van der Waals surface area contributed by atoms with E-state index in [1.165, 1.54) is 6.33 Å². The largest absolute Gasteiger partial charge is 0.476 e. The molecule has 3 heterocycles. The van der Waals surface area contributed by atoms with Gasteiger partial charge in [-0.3, -0.25) is 0 Å². The predicted molar refractivity (Wildman–Crippen MR) is 95.9 cm³/mol. The highest BCUT2D eigenvalue weighted by Gasteiger charge is 2.11. The fourth-order valence-electron chi connectivity index (χ4n) is 2.40. The van der Waals surface area contributed by atoms with Crippen LogP contribution in [0.4, 0.5) is 5.82 Å². The van der Waals surface area contributed by atoms with E-state index in [2.05, 4.69) is 30.3 Å². The molecule has 3 aromatic heterocycles. The van der Waals surface area contributed by atoms with Crippen molar-refractivity contribution in [3.63, 3.8) is 0 Å². The lowest BCUT2D eigenvalue weighted by atomic mass is 10.2. The summed E-state index contributed by atoms with van der Waals surface area (Å²) in [5.74, 6) is 2.12. The van der Waals surface area contributed by atoms with Crippen molar-refractivity contribution in [2.24, 2.45) is 0 Å². The zero-order valence-electron chi connectivity index (χ0n) is 15.0. The molecule has 3 rings (SSSR count). The van der Waals surface area contributed by atoms with Gasteiger partial charge in [0.2, 0.25) is 5.88 Å². The van der Waals surface area contributed by atoms with Crippen LogP contribution in [0.15, 0.2) is 24.7 Å². The molecule has 0 saturated heterocycles. The lowest BCUT2D eigenvalue weighted by Crippen LogP contribution is -2.19. The molecule has 8 heteroatoms. The molecule has 0 fully saturated rings. The minimum absolute atomic E-state index is 0.591.